The Morgan fingerprint density at radius 2 is 2.14 bits per heavy atom. The third kappa shape index (κ3) is 3.76. The summed E-state index contributed by atoms with van der Waals surface area (Å²) in [6, 6.07) is 7.49. The Balaban J connectivity index is 2.14. The fraction of sp³-hybridized carbons (Fsp3) is 0.667. The molecule has 0 bridgehead atoms. The van der Waals surface area contributed by atoms with Crippen LogP contribution < -0.4 is 10.2 Å². The van der Waals surface area contributed by atoms with E-state index in [0.717, 1.165) is 18.8 Å². The third-order valence-corrected chi connectivity index (χ3v) is 5.03. The first-order chi connectivity index (χ1) is 9.97. The van der Waals surface area contributed by atoms with Gasteiger partial charge in [-0.3, -0.25) is 0 Å². The molecule has 1 aromatic rings. The molecule has 1 saturated carbocycles. The topological polar surface area (TPSA) is 15.3 Å². The molecule has 0 aliphatic heterocycles. The fourth-order valence-electron chi connectivity index (χ4n) is 3.98. The Bertz CT molecular complexity index is 458. The number of rotatable bonds is 5. The van der Waals surface area contributed by atoms with E-state index >= 15 is 0 Å². The summed E-state index contributed by atoms with van der Waals surface area (Å²) < 4.78 is 13.5. The largest absolute Gasteiger partial charge is 0.371 e. The molecule has 0 amide bonds. The summed E-state index contributed by atoms with van der Waals surface area (Å²) >= 11 is 0. The number of benzene rings is 1. The smallest absolute Gasteiger partial charge is 0.125 e. The van der Waals surface area contributed by atoms with Crippen LogP contribution in [0.1, 0.15) is 40.0 Å². The second-order valence-electron chi connectivity index (χ2n) is 6.93. The lowest BCUT2D eigenvalue weighted by Gasteiger charge is -2.45. The summed E-state index contributed by atoms with van der Waals surface area (Å²) in [7, 11) is 2.07. The molecule has 2 nitrogen and oxygen atoms in total. The normalized spacial score (nSPS) is 24.8. The zero-order chi connectivity index (χ0) is 15.5. The van der Waals surface area contributed by atoms with E-state index in [1.54, 1.807) is 12.1 Å². The van der Waals surface area contributed by atoms with Crippen LogP contribution in [0.15, 0.2) is 24.3 Å². The molecule has 3 heteroatoms. The predicted octanol–water partition coefficient (Wildman–Crippen LogP) is 4.07. The van der Waals surface area contributed by atoms with Gasteiger partial charge in [-0.2, -0.15) is 0 Å². The van der Waals surface area contributed by atoms with Crippen molar-refractivity contribution < 1.29 is 4.39 Å². The zero-order valence-corrected chi connectivity index (χ0v) is 13.8. The lowest BCUT2D eigenvalue weighted by molar-refractivity contribution is 0.117. The highest BCUT2D eigenvalue weighted by atomic mass is 19.1. The Morgan fingerprint density at radius 1 is 1.38 bits per heavy atom. The molecule has 1 fully saturated rings. The molecule has 0 radical (unpaired) electrons. The number of anilines is 1. The maximum Gasteiger partial charge on any atom is 0.125 e. The quantitative estimate of drug-likeness (QED) is 0.880. The summed E-state index contributed by atoms with van der Waals surface area (Å²) in [5.41, 5.74) is 1.33. The van der Waals surface area contributed by atoms with Gasteiger partial charge in [0.2, 0.25) is 0 Å². The van der Waals surface area contributed by atoms with E-state index in [1.807, 2.05) is 6.07 Å². The monoisotopic (exact) mass is 292 g/mol. The summed E-state index contributed by atoms with van der Waals surface area (Å²) in [5.74, 6) is 0.460. The summed E-state index contributed by atoms with van der Waals surface area (Å²) in [6.45, 7) is 8.77. The van der Waals surface area contributed by atoms with Crippen LogP contribution in [0.2, 0.25) is 0 Å². The fourth-order valence-corrected chi connectivity index (χ4v) is 3.98. The maximum absolute atomic E-state index is 13.5. The highest BCUT2D eigenvalue weighted by Gasteiger charge is 2.38. The standard InChI is InChI=1S/C18H29FN2/c1-5-21(16-10-6-9-15(19)12-16)13-14-8-7-11-18(2,3)17(14)20-4/h6,9-10,12,14,17,20H,5,7-8,11,13H2,1-4H3. The van der Waals surface area contributed by atoms with Gasteiger partial charge in [0.05, 0.1) is 0 Å². The second-order valence-corrected chi connectivity index (χ2v) is 6.93. The second kappa shape index (κ2) is 6.78. The summed E-state index contributed by atoms with van der Waals surface area (Å²) in [5, 5.41) is 3.54. The van der Waals surface area contributed by atoms with Crippen molar-refractivity contribution in [2.24, 2.45) is 11.3 Å². The van der Waals surface area contributed by atoms with Crippen LogP contribution in [0.3, 0.4) is 0 Å². The van der Waals surface area contributed by atoms with Crippen molar-refractivity contribution in [1.82, 2.24) is 5.32 Å². The zero-order valence-electron chi connectivity index (χ0n) is 13.8. The Labute approximate surface area is 128 Å². The molecule has 1 N–H and O–H groups in total. The Morgan fingerprint density at radius 3 is 2.76 bits per heavy atom. The Kier molecular flexibility index (Phi) is 5.26. The molecular weight excluding hydrogens is 263 g/mol. The Hall–Kier alpha value is -1.09. The molecule has 2 atom stereocenters. The van der Waals surface area contributed by atoms with Crippen molar-refractivity contribution in [2.75, 3.05) is 25.0 Å². The van der Waals surface area contributed by atoms with Gasteiger partial charge in [-0.25, -0.2) is 4.39 Å². The van der Waals surface area contributed by atoms with E-state index in [1.165, 1.54) is 25.3 Å². The number of nitrogens with zero attached hydrogens (tertiary/aromatic N) is 1. The highest BCUT2D eigenvalue weighted by molar-refractivity contribution is 5.46. The molecule has 0 spiro atoms. The van der Waals surface area contributed by atoms with E-state index in [2.05, 4.69) is 38.0 Å². The molecule has 21 heavy (non-hydrogen) atoms. The van der Waals surface area contributed by atoms with E-state index in [4.69, 9.17) is 0 Å². The third-order valence-electron chi connectivity index (χ3n) is 5.03. The molecule has 1 aromatic carbocycles. The molecule has 2 unspecified atom stereocenters. The van der Waals surface area contributed by atoms with Crippen molar-refractivity contribution in [3.05, 3.63) is 30.1 Å². The van der Waals surface area contributed by atoms with Gasteiger partial charge in [-0.1, -0.05) is 26.3 Å². The van der Waals surface area contributed by atoms with Gasteiger partial charge < -0.3 is 10.2 Å². The van der Waals surface area contributed by atoms with Crippen molar-refractivity contribution >= 4 is 5.69 Å². The molecule has 1 aliphatic rings. The molecular formula is C18H29FN2. The molecule has 0 saturated heterocycles. The van der Waals surface area contributed by atoms with Crippen LogP contribution in [0, 0.1) is 17.2 Å². The van der Waals surface area contributed by atoms with Crippen LogP contribution in [0.5, 0.6) is 0 Å². The van der Waals surface area contributed by atoms with E-state index < -0.39 is 0 Å². The molecule has 118 valence electrons. The average Bonchev–Trinajstić information content (AvgIpc) is 2.44. The van der Waals surface area contributed by atoms with Gasteiger partial charge >= 0.3 is 0 Å². The number of nitrogens with one attached hydrogen (secondary N) is 1. The minimum Gasteiger partial charge on any atom is -0.371 e. The SMILES string of the molecule is CCN(CC1CCCC(C)(C)C1NC)c1cccc(F)c1. The van der Waals surface area contributed by atoms with Crippen LogP contribution in [0.25, 0.3) is 0 Å². The summed E-state index contributed by atoms with van der Waals surface area (Å²) in [6.07, 6.45) is 3.82. The molecule has 0 heterocycles. The van der Waals surface area contributed by atoms with E-state index in [-0.39, 0.29) is 5.82 Å². The van der Waals surface area contributed by atoms with Gasteiger partial charge in [0.25, 0.3) is 0 Å². The van der Waals surface area contributed by atoms with E-state index in [9.17, 15) is 4.39 Å². The lowest BCUT2D eigenvalue weighted by Crippen LogP contribution is -2.51. The van der Waals surface area contributed by atoms with Crippen molar-refractivity contribution in [1.29, 1.82) is 0 Å². The lowest BCUT2D eigenvalue weighted by atomic mass is 9.68. The van der Waals surface area contributed by atoms with Gasteiger partial charge in [0.1, 0.15) is 5.82 Å². The number of hydrogen-bond acceptors (Lipinski definition) is 2. The highest BCUT2D eigenvalue weighted by Crippen LogP contribution is 2.39. The maximum atomic E-state index is 13.5. The van der Waals surface area contributed by atoms with Crippen LogP contribution in [-0.2, 0) is 0 Å². The van der Waals surface area contributed by atoms with E-state index in [0.29, 0.717) is 17.4 Å². The van der Waals surface area contributed by atoms with Crippen LogP contribution in [0.4, 0.5) is 10.1 Å². The average molecular weight is 292 g/mol. The van der Waals surface area contributed by atoms with Crippen molar-refractivity contribution in [3.63, 3.8) is 0 Å². The van der Waals surface area contributed by atoms with Crippen LogP contribution in [-0.4, -0.2) is 26.2 Å². The van der Waals surface area contributed by atoms with Gasteiger partial charge in [-0.15, -0.1) is 0 Å². The van der Waals surface area contributed by atoms with Gasteiger partial charge in [-0.05, 0) is 56.3 Å². The summed E-state index contributed by atoms with van der Waals surface area (Å²) in [4.78, 5) is 2.31. The minimum absolute atomic E-state index is 0.153. The number of halogens is 1. The molecule has 0 aromatic heterocycles. The first-order valence-corrected chi connectivity index (χ1v) is 8.15. The minimum atomic E-state index is -0.153. The number of hydrogen-bond donors (Lipinski definition) is 1. The molecule has 1 aliphatic carbocycles. The molecule has 2 rings (SSSR count). The predicted molar refractivity (Wildman–Crippen MR) is 88.3 cm³/mol. The van der Waals surface area contributed by atoms with Crippen molar-refractivity contribution in [2.45, 2.75) is 46.1 Å². The van der Waals surface area contributed by atoms with Gasteiger partial charge in [0, 0.05) is 24.8 Å². The van der Waals surface area contributed by atoms with Crippen LogP contribution >= 0.6 is 0 Å². The first kappa shape index (κ1) is 16.3. The first-order valence-electron chi connectivity index (χ1n) is 8.15. The van der Waals surface area contributed by atoms with Crippen molar-refractivity contribution in [3.8, 4) is 0 Å². The van der Waals surface area contributed by atoms with Gasteiger partial charge in [0.15, 0.2) is 0 Å².